The van der Waals surface area contributed by atoms with Gasteiger partial charge in [-0.05, 0) is 51.0 Å². The second-order valence-electron chi connectivity index (χ2n) is 9.55. The predicted molar refractivity (Wildman–Crippen MR) is 140 cm³/mol. The minimum atomic E-state index is -0.574. The molecule has 188 valence electrons. The molecule has 2 amide bonds. The maximum atomic E-state index is 12.4. The molecule has 1 fully saturated rings. The Kier molecular flexibility index (Phi) is 8.10. The van der Waals surface area contributed by atoms with Crippen molar-refractivity contribution in [2.75, 3.05) is 31.1 Å². The fourth-order valence-corrected chi connectivity index (χ4v) is 4.24. The van der Waals surface area contributed by atoms with Crippen LogP contribution in [0.25, 0.3) is 11.0 Å². The largest absolute Gasteiger partial charge is 0.448 e. The van der Waals surface area contributed by atoms with Crippen LogP contribution in [0, 0.1) is 6.92 Å². The van der Waals surface area contributed by atoms with E-state index in [1.165, 1.54) is 0 Å². The average Bonchev–Trinajstić information content (AvgIpc) is 3.18. The molecule has 1 aliphatic rings. The second kappa shape index (κ2) is 10.8. The van der Waals surface area contributed by atoms with Crippen LogP contribution in [0.3, 0.4) is 0 Å². The van der Waals surface area contributed by atoms with Crippen LogP contribution >= 0.6 is 0 Å². The zero-order valence-electron chi connectivity index (χ0n) is 21.7. The van der Waals surface area contributed by atoms with Gasteiger partial charge in [0.25, 0.3) is 5.91 Å². The minimum absolute atomic E-state index is 0.202. The number of hydrogen-bond acceptors (Lipinski definition) is 5. The molecule has 0 unspecified atom stereocenters. The number of anilines is 1. The molecule has 1 saturated heterocycles. The molecule has 2 heterocycles. The Labute approximate surface area is 207 Å². The van der Waals surface area contributed by atoms with Gasteiger partial charge < -0.3 is 24.7 Å². The Bertz CT molecular complexity index is 1170. The highest BCUT2D eigenvalue weighted by molar-refractivity contribution is 6.02. The average molecular weight is 480 g/mol. The molecule has 0 spiro atoms. The number of nitrogens with two attached hydrogens (primary N) is 1. The van der Waals surface area contributed by atoms with E-state index in [2.05, 4.69) is 11.0 Å². The van der Waals surface area contributed by atoms with E-state index in [-0.39, 0.29) is 11.9 Å². The molecule has 1 aromatic heterocycles. The van der Waals surface area contributed by atoms with Crippen LogP contribution in [0.1, 0.15) is 61.9 Å². The molecular weight excluding hydrogens is 442 g/mol. The zero-order chi connectivity index (χ0) is 25.8. The van der Waals surface area contributed by atoms with E-state index in [0.29, 0.717) is 38.2 Å². The first-order valence-corrected chi connectivity index (χ1v) is 12.2. The lowest BCUT2D eigenvalue weighted by molar-refractivity contribution is 0.0240. The third-order valence-corrected chi connectivity index (χ3v) is 5.74. The monoisotopic (exact) mass is 479 g/mol. The van der Waals surface area contributed by atoms with Gasteiger partial charge in [0.2, 0.25) is 0 Å². The molecule has 0 aliphatic carbocycles. The van der Waals surface area contributed by atoms with E-state index in [0.717, 1.165) is 27.8 Å². The molecule has 0 saturated carbocycles. The highest BCUT2D eigenvalue weighted by Gasteiger charge is 2.28. The van der Waals surface area contributed by atoms with Crippen molar-refractivity contribution >= 4 is 28.7 Å². The lowest BCUT2D eigenvalue weighted by Gasteiger charge is -2.36. The minimum Gasteiger partial charge on any atom is -0.448 e. The van der Waals surface area contributed by atoms with Gasteiger partial charge in [-0.25, -0.2) is 4.79 Å². The number of nitrogens with zero attached hydrogens (tertiary/aromatic N) is 2. The third kappa shape index (κ3) is 6.15. The fraction of sp³-hybridized carbons (Fsp3) is 0.429. The zero-order valence-corrected chi connectivity index (χ0v) is 21.7. The van der Waals surface area contributed by atoms with Gasteiger partial charge in [-0.3, -0.25) is 4.79 Å². The quantitative estimate of drug-likeness (QED) is 0.533. The summed E-state index contributed by atoms with van der Waals surface area (Å²) in [5.74, 6) is -0.372. The summed E-state index contributed by atoms with van der Waals surface area (Å²) in [5.41, 5.74) is 9.70. The molecule has 0 radical (unpaired) electrons. The molecule has 4 rings (SSSR count). The Hall–Kier alpha value is -3.48. The summed E-state index contributed by atoms with van der Waals surface area (Å²) in [6.45, 7) is 14.0. The number of primary amides is 1. The molecule has 0 bridgehead atoms. The molecule has 3 aromatic rings. The molecular formula is C28H37N3O4. The van der Waals surface area contributed by atoms with Crippen LogP contribution in [-0.2, 0) is 11.2 Å². The number of carbonyl (C=O) groups excluding carboxylic acids is 2. The number of benzene rings is 2. The van der Waals surface area contributed by atoms with E-state index in [1.54, 1.807) is 4.90 Å². The first-order chi connectivity index (χ1) is 16.6. The van der Waals surface area contributed by atoms with E-state index in [1.807, 2.05) is 77.9 Å². The summed E-state index contributed by atoms with van der Waals surface area (Å²) in [7, 11) is 0. The molecule has 2 N–H and O–H groups in total. The topological polar surface area (TPSA) is 89.0 Å². The standard InChI is InChI=1S/C26H31N3O4.C2H6/c1-17-14-19-20(16-18-8-6-5-7-9-18)23(24(27)30)32-22(19)21(15-17)28-10-12-29(13-11-28)25(31)33-26(2,3)4;1-2/h5-9,14-15H,10-13,16H2,1-4H3,(H2,27,30);1-2H3. The second-order valence-corrected chi connectivity index (χ2v) is 9.55. The van der Waals surface area contributed by atoms with Crippen molar-refractivity contribution in [1.82, 2.24) is 4.90 Å². The van der Waals surface area contributed by atoms with Crippen molar-refractivity contribution in [3.05, 3.63) is 64.9 Å². The normalized spacial score (nSPS) is 13.9. The number of rotatable bonds is 4. The maximum Gasteiger partial charge on any atom is 0.410 e. The van der Waals surface area contributed by atoms with Gasteiger partial charge in [-0.15, -0.1) is 0 Å². The number of amides is 2. The van der Waals surface area contributed by atoms with Crippen molar-refractivity contribution in [3.8, 4) is 0 Å². The van der Waals surface area contributed by atoms with E-state index in [4.69, 9.17) is 14.9 Å². The molecule has 35 heavy (non-hydrogen) atoms. The van der Waals surface area contributed by atoms with Crippen LogP contribution in [-0.4, -0.2) is 48.7 Å². The summed E-state index contributed by atoms with van der Waals surface area (Å²) in [6, 6.07) is 14.1. The van der Waals surface area contributed by atoms with Gasteiger partial charge >= 0.3 is 6.09 Å². The first kappa shape index (κ1) is 26.1. The maximum absolute atomic E-state index is 12.4. The van der Waals surface area contributed by atoms with Crippen molar-refractivity contribution in [2.24, 2.45) is 5.73 Å². The third-order valence-electron chi connectivity index (χ3n) is 5.74. The lowest BCUT2D eigenvalue weighted by atomic mass is 9.99. The highest BCUT2D eigenvalue weighted by atomic mass is 16.6. The fourth-order valence-electron chi connectivity index (χ4n) is 4.24. The number of ether oxygens (including phenoxy) is 1. The Balaban J connectivity index is 0.00000167. The summed E-state index contributed by atoms with van der Waals surface area (Å²) in [4.78, 5) is 28.6. The lowest BCUT2D eigenvalue weighted by Crippen LogP contribution is -2.50. The van der Waals surface area contributed by atoms with E-state index < -0.39 is 11.5 Å². The summed E-state index contributed by atoms with van der Waals surface area (Å²) in [5, 5.41) is 0.900. The van der Waals surface area contributed by atoms with Gasteiger partial charge in [0.15, 0.2) is 11.3 Å². The van der Waals surface area contributed by atoms with Crippen LogP contribution in [0.5, 0.6) is 0 Å². The molecule has 1 aliphatic heterocycles. The molecule has 7 nitrogen and oxygen atoms in total. The number of fused-ring (bicyclic) bond motifs is 1. The predicted octanol–water partition coefficient (Wildman–Crippen LogP) is 5.51. The van der Waals surface area contributed by atoms with Gasteiger partial charge in [0.05, 0.1) is 5.69 Å². The SMILES string of the molecule is CC.Cc1cc(N2CCN(C(=O)OC(C)(C)C)CC2)c2oc(C(N)=O)c(Cc3ccccc3)c2c1. The number of aryl methyl sites for hydroxylation is 1. The highest BCUT2D eigenvalue weighted by Crippen LogP contribution is 2.36. The van der Waals surface area contributed by atoms with Crippen LogP contribution in [0.15, 0.2) is 46.9 Å². The molecule has 7 heteroatoms. The number of piperazine rings is 1. The molecule has 2 aromatic carbocycles. The summed E-state index contributed by atoms with van der Waals surface area (Å²) in [6.07, 6.45) is 0.261. The first-order valence-electron chi connectivity index (χ1n) is 12.2. The number of carbonyl (C=O) groups is 2. The van der Waals surface area contributed by atoms with Crippen molar-refractivity contribution < 1.29 is 18.7 Å². The number of hydrogen-bond donors (Lipinski definition) is 1. The van der Waals surface area contributed by atoms with Gasteiger partial charge in [0, 0.05) is 43.5 Å². The van der Waals surface area contributed by atoms with Gasteiger partial charge in [-0.2, -0.15) is 0 Å². The van der Waals surface area contributed by atoms with Crippen LogP contribution in [0.4, 0.5) is 10.5 Å². The van der Waals surface area contributed by atoms with Crippen LogP contribution in [0.2, 0.25) is 0 Å². The van der Waals surface area contributed by atoms with Gasteiger partial charge in [-0.1, -0.05) is 44.2 Å². The smallest absolute Gasteiger partial charge is 0.410 e. The Morgan fingerprint density at radius 1 is 1.03 bits per heavy atom. The number of furan rings is 1. The van der Waals surface area contributed by atoms with Crippen molar-refractivity contribution in [2.45, 2.75) is 53.6 Å². The van der Waals surface area contributed by atoms with Crippen molar-refractivity contribution in [3.63, 3.8) is 0 Å². The van der Waals surface area contributed by atoms with Gasteiger partial charge in [0.1, 0.15) is 5.60 Å². The van der Waals surface area contributed by atoms with Crippen molar-refractivity contribution in [1.29, 1.82) is 0 Å². The summed E-state index contributed by atoms with van der Waals surface area (Å²) < 4.78 is 11.6. The summed E-state index contributed by atoms with van der Waals surface area (Å²) >= 11 is 0. The Morgan fingerprint density at radius 3 is 2.23 bits per heavy atom. The van der Waals surface area contributed by atoms with E-state index in [9.17, 15) is 9.59 Å². The Morgan fingerprint density at radius 2 is 1.66 bits per heavy atom. The van der Waals surface area contributed by atoms with E-state index >= 15 is 0 Å². The van der Waals surface area contributed by atoms with Crippen LogP contribution < -0.4 is 10.6 Å². The molecule has 0 atom stereocenters.